The number of halogens is 3. The summed E-state index contributed by atoms with van der Waals surface area (Å²) in [6.07, 6.45) is 0.657. The van der Waals surface area contributed by atoms with Gasteiger partial charge in [0.15, 0.2) is 0 Å². The van der Waals surface area contributed by atoms with Crippen LogP contribution >= 0.6 is 0 Å². The van der Waals surface area contributed by atoms with Crippen molar-refractivity contribution in [2.45, 2.75) is 26.7 Å². The van der Waals surface area contributed by atoms with E-state index in [1.807, 2.05) is 13.0 Å². The number of rotatable bonds is 4. The minimum absolute atomic E-state index is 0.278. The van der Waals surface area contributed by atoms with Crippen LogP contribution in [0.4, 0.5) is 13.2 Å². The first-order valence-corrected chi connectivity index (χ1v) is 8.20. The molecule has 3 aromatic rings. The van der Waals surface area contributed by atoms with Gasteiger partial charge in [-0.25, -0.2) is 13.2 Å². The fourth-order valence-corrected chi connectivity index (χ4v) is 2.83. The van der Waals surface area contributed by atoms with Crippen LogP contribution < -0.4 is 0 Å². The number of hydrogen-bond acceptors (Lipinski definition) is 0. The Labute approximate surface area is 146 Å². The second-order valence-electron chi connectivity index (χ2n) is 6.46. The zero-order valence-corrected chi connectivity index (χ0v) is 14.2. The molecule has 0 aliphatic rings. The summed E-state index contributed by atoms with van der Waals surface area (Å²) < 4.78 is 42.0. The summed E-state index contributed by atoms with van der Waals surface area (Å²) in [6, 6.07) is 14.9. The Kier molecular flexibility index (Phi) is 4.93. The molecule has 3 aromatic carbocycles. The maximum Gasteiger partial charge on any atom is 0.127 e. The smallest absolute Gasteiger partial charge is 0.127 e. The van der Waals surface area contributed by atoms with Crippen molar-refractivity contribution >= 4 is 0 Å². The quantitative estimate of drug-likeness (QED) is 0.554. The highest BCUT2D eigenvalue weighted by Gasteiger charge is 2.09. The number of benzene rings is 3. The van der Waals surface area contributed by atoms with Gasteiger partial charge in [-0.3, -0.25) is 0 Å². The van der Waals surface area contributed by atoms with E-state index in [-0.39, 0.29) is 17.5 Å². The normalized spacial score (nSPS) is 10.9. The topological polar surface area (TPSA) is 0 Å². The lowest BCUT2D eigenvalue weighted by atomic mass is 9.98. The minimum Gasteiger partial charge on any atom is -0.207 e. The van der Waals surface area contributed by atoms with Crippen molar-refractivity contribution in [2.24, 2.45) is 0 Å². The third-order valence-corrected chi connectivity index (χ3v) is 4.35. The van der Waals surface area contributed by atoms with E-state index in [0.717, 1.165) is 11.1 Å². The molecule has 0 saturated heterocycles. The average Bonchev–Trinajstić information content (AvgIpc) is 2.56. The van der Waals surface area contributed by atoms with E-state index in [1.54, 1.807) is 37.3 Å². The molecule has 0 amide bonds. The van der Waals surface area contributed by atoms with Gasteiger partial charge in [-0.05, 0) is 65.4 Å². The standard InChI is InChI=1S/C22H19F3/c1-14-3-7-18(21(24)9-14)11-17-6-8-19(22(25)13-17)10-16-5-4-15(2)20(23)12-16/h3-9,12-13H,10-11H2,1-2H3. The molecular formula is C22H19F3. The zero-order valence-electron chi connectivity index (χ0n) is 14.2. The van der Waals surface area contributed by atoms with Gasteiger partial charge in [0.1, 0.15) is 17.5 Å². The first-order valence-electron chi connectivity index (χ1n) is 8.20. The molecule has 0 N–H and O–H groups in total. The second kappa shape index (κ2) is 7.14. The third kappa shape index (κ3) is 4.11. The molecule has 3 rings (SSSR count). The molecule has 0 nitrogen and oxygen atoms in total. The third-order valence-electron chi connectivity index (χ3n) is 4.35. The summed E-state index contributed by atoms with van der Waals surface area (Å²) in [5.74, 6) is -0.921. The molecule has 25 heavy (non-hydrogen) atoms. The molecule has 0 atom stereocenters. The summed E-state index contributed by atoms with van der Waals surface area (Å²) in [4.78, 5) is 0. The van der Waals surface area contributed by atoms with Gasteiger partial charge in [-0.15, -0.1) is 0 Å². The Morgan fingerprint density at radius 2 is 1.12 bits per heavy atom. The van der Waals surface area contributed by atoms with Crippen molar-refractivity contribution in [2.75, 3.05) is 0 Å². The molecule has 0 spiro atoms. The van der Waals surface area contributed by atoms with Gasteiger partial charge in [0.25, 0.3) is 0 Å². The summed E-state index contributed by atoms with van der Waals surface area (Å²) in [6.45, 7) is 3.52. The molecule has 0 fully saturated rings. The fraction of sp³-hybridized carbons (Fsp3) is 0.182. The summed E-state index contributed by atoms with van der Waals surface area (Å²) >= 11 is 0. The summed E-state index contributed by atoms with van der Waals surface area (Å²) in [5, 5.41) is 0. The van der Waals surface area contributed by atoms with Gasteiger partial charge in [0.2, 0.25) is 0 Å². The maximum atomic E-state index is 14.4. The first-order chi connectivity index (χ1) is 11.9. The lowest BCUT2D eigenvalue weighted by molar-refractivity contribution is 0.604. The molecule has 0 heterocycles. The molecular weight excluding hydrogens is 321 g/mol. The number of hydrogen-bond donors (Lipinski definition) is 0. The van der Waals surface area contributed by atoms with Crippen LogP contribution in [0, 0.1) is 31.3 Å². The predicted molar refractivity (Wildman–Crippen MR) is 94.3 cm³/mol. The Morgan fingerprint density at radius 3 is 1.68 bits per heavy atom. The largest absolute Gasteiger partial charge is 0.207 e. The van der Waals surface area contributed by atoms with E-state index in [0.29, 0.717) is 35.1 Å². The molecule has 0 aromatic heterocycles. The zero-order chi connectivity index (χ0) is 18.0. The molecule has 0 radical (unpaired) electrons. The monoisotopic (exact) mass is 340 g/mol. The van der Waals surface area contributed by atoms with Crippen molar-refractivity contribution in [3.05, 3.63) is 105 Å². The van der Waals surface area contributed by atoms with Crippen LogP contribution in [0.25, 0.3) is 0 Å². The molecule has 0 saturated carbocycles. The van der Waals surface area contributed by atoms with E-state index < -0.39 is 0 Å². The Morgan fingerprint density at radius 1 is 0.600 bits per heavy atom. The maximum absolute atomic E-state index is 14.4. The lowest BCUT2D eigenvalue weighted by Gasteiger charge is -2.09. The fourth-order valence-electron chi connectivity index (χ4n) is 2.83. The van der Waals surface area contributed by atoms with Crippen molar-refractivity contribution < 1.29 is 13.2 Å². The van der Waals surface area contributed by atoms with E-state index in [1.165, 1.54) is 18.2 Å². The van der Waals surface area contributed by atoms with Crippen LogP contribution in [0.5, 0.6) is 0 Å². The SMILES string of the molecule is Cc1ccc(Cc2ccc(Cc3ccc(C)c(F)c3)c(F)c2)c(F)c1. The summed E-state index contributed by atoms with van der Waals surface area (Å²) in [5.41, 5.74) is 3.89. The van der Waals surface area contributed by atoms with E-state index >= 15 is 0 Å². The van der Waals surface area contributed by atoms with Crippen molar-refractivity contribution in [1.82, 2.24) is 0 Å². The van der Waals surface area contributed by atoms with Gasteiger partial charge < -0.3 is 0 Å². The molecule has 3 heteroatoms. The average molecular weight is 340 g/mol. The lowest BCUT2D eigenvalue weighted by Crippen LogP contribution is -1.98. The van der Waals surface area contributed by atoms with Gasteiger partial charge >= 0.3 is 0 Å². The highest BCUT2D eigenvalue weighted by molar-refractivity contribution is 5.35. The molecule has 0 aliphatic heterocycles. The van der Waals surface area contributed by atoms with Gasteiger partial charge in [-0.1, -0.05) is 36.4 Å². The molecule has 0 bridgehead atoms. The van der Waals surface area contributed by atoms with Crippen LogP contribution in [-0.2, 0) is 12.8 Å². The Hall–Kier alpha value is -2.55. The van der Waals surface area contributed by atoms with Crippen LogP contribution in [0.15, 0.2) is 54.6 Å². The predicted octanol–water partition coefficient (Wildman–Crippen LogP) is 5.90. The van der Waals surface area contributed by atoms with Crippen LogP contribution in [0.1, 0.15) is 33.4 Å². The van der Waals surface area contributed by atoms with E-state index in [2.05, 4.69) is 0 Å². The van der Waals surface area contributed by atoms with Crippen LogP contribution in [-0.4, -0.2) is 0 Å². The molecule has 128 valence electrons. The first kappa shape index (κ1) is 17.3. The minimum atomic E-state index is -0.356. The van der Waals surface area contributed by atoms with Crippen molar-refractivity contribution in [3.63, 3.8) is 0 Å². The van der Waals surface area contributed by atoms with Gasteiger partial charge in [0.05, 0.1) is 0 Å². The Bertz CT molecular complexity index is 913. The van der Waals surface area contributed by atoms with Gasteiger partial charge in [-0.2, -0.15) is 0 Å². The van der Waals surface area contributed by atoms with E-state index in [9.17, 15) is 13.2 Å². The summed E-state index contributed by atoms with van der Waals surface area (Å²) in [7, 11) is 0. The Balaban J connectivity index is 1.79. The highest BCUT2D eigenvalue weighted by Crippen LogP contribution is 2.20. The van der Waals surface area contributed by atoms with Crippen LogP contribution in [0.3, 0.4) is 0 Å². The van der Waals surface area contributed by atoms with Crippen LogP contribution in [0.2, 0.25) is 0 Å². The molecule has 0 unspecified atom stereocenters. The van der Waals surface area contributed by atoms with Gasteiger partial charge in [0, 0.05) is 12.8 Å². The van der Waals surface area contributed by atoms with Crippen molar-refractivity contribution in [3.8, 4) is 0 Å². The second-order valence-corrected chi connectivity index (χ2v) is 6.46. The van der Waals surface area contributed by atoms with E-state index in [4.69, 9.17) is 0 Å². The molecule has 0 aliphatic carbocycles. The number of aryl methyl sites for hydroxylation is 2. The highest BCUT2D eigenvalue weighted by atomic mass is 19.1. The van der Waals surface area contributed by atoms with Crippen molar-refractivity contribution in [1.29, 1.82) is 0 Å².